The van der Waals surface area contributed by atoms with Crippen LogP contribution in [0.25, 0.3) is 0 Å². The minimum absolute atomic E-state index is 0.00696. The molecule has 0 radical (unpaired) electrons. The van der Waals surface area contributed by atoms with E-state index in [-0.39, 0.29) is 11.4 Å². The lowest BCUT2D eigenvalue weighted by Crippen LogP contribution is -2.17. The summed E-state index contributed by atoms with van der Waals surface area (Å²) >= 11 is 8.76. The van der Waals surface area contributed by atoms with E-state index in [2.05, 4.69) is 26.3 Å². The molecule has 1 N–H and O–H groups in total. The van der Waals surface area contributed by atoms with Gasteiger partial charge in [-0.2, -0.15) is 18.3 Å². The Hall–Kier alpha value is -1.54. The molecule has 1 amide bonds. The number of hydrogen-bond acceptors (Lipinski definition) is 2. The van der Waals surface area contributed by atoms with Gasteiger partial charge in [0.25, 0.3) is 5.91 Å². The highest BCUT2D eigenvalue weighted by Gasteiger charge is 2.33. The first-order valence-electron chi connectivity index (χ1n) is 5.98. The summed E-state index contributed by atoms with van der Waals surface area (Å²) in [5.74, 6) is -0.578. The van der Waals surface area contributed by atoms with E-state index in [1.54, 1.807) is 14.0 Å². The molecule has 0 saturated heterocycles. The monoisotopic (exact) mass is 395 g/mol. The summed E-state index contributed by atoms with van der Waals surface area (Å²) in [7, 11) is 1.57. The molecule has 9 heteroatoms. The second kappa shape index (κ2) is 5.92. The number of nitrogens with one attached hydrogen (secondary N) is 1. The molecule has 22 heavy (non-hydrogen) atoms. The maximum Gasteiger partial charge on any atom is 0.417 e. The van der Waals surface area contributed by atoms with Gasteiger partial charge in [0.05, 0.1) is 20.8 Å². The Morgan fingerprint density at radius 2 is 2.05 bits per heavy atom. The third-order valence-corrected chi connectivity index (χ3v) is 4.17. The van der Waals surface area contributed by atoms with Crippen molar-refractivity contribution < 1.29 is 18.0 Å². The topological polar surface area (TPSA) is 46.9 Å². The van der Waals surface area contributed by atoms with Crippen LogP contribution >= 0.6 is 27.5 Å². The van der Waals surface area contributed by atoms with Gasteiger partial charge in [0.2, 0.25) is 0 Å². The number of rotatable bonds is 2. The standard InChI is InChI=1S/C13H10BrClF3N3O/c1-6-10(14)11(21(2)20-6)12(22)19-7-3-4-9(15)8(5-7)13(16,17)18/h3-5H,1-2H3,(H,19,22). The second-order valence-electron chi connectivity index (χ2n) is 4.52. The number of hydrogen-bond donors (Lipinski definition) is 1. The molecule has 0 aliphatic rings. The Bertz CT molecular complexity index is 743. The summed E-state index contributed by atoms with van der Waals surface area (Å²) in [6.07, 6.45) is -4.60. The molecular formula is C13H10BrClF3N3O. The number of alkyl halides is 3. The van der Waals surface area contributed by atoms with E-state index in [1.165, 1.54) is 10.7 Å². The molecular weight excluding hydrogens is 387 g/mol. The number of halogens is 5. The molecule has 1 aromatic heterocycles. The van der Waals surface area contributed by atoms with Crippen LogP contribution in [0.1, 0.15) is 21.7 Å². The molecule has 0 saturated carbocycles. The third kappa shape index (κ3) is 3.27. The van der Waals surface area contributed by atoms with Crippen LogP contribution in [0.15, 0.2) is 22.7 Å². The highest BCUT2D eigenvalue weighted by atomic mass is 79.9. The highest BCUT2D eigenvalue weighted by Crippen LogP contribution is 2.36. The van der Waals surface area contributed by atoms with Crippen molar-refractivity contribution in [3.8, 4) is 0 Å². The van der Waals surface area contributed by atoms with Gasteiger partial charge in [-0.3, -0.25) is 9.48 Å². The van der Waals surface area contributed by atoms with Gasteiger partial charge in [0.1, 0.15) is 5.69 Å². The van der Waals surface area contributed by atoms with Crippen LogP contribution in [0.2, 0.25) is 5.02 Å². The molecule has 1 aromatic carbocycles. The third-order valence-electron chi connectivity index (χ3n) is 2.89. The minimum atomic E-state index is -4.60. The van der Waals surface area contributed by atoms with Crippen LogP contribution in [0.5, 0.6) is 0 Å². The molecule has 0 atom stereocenters. The first-order chi connectivity index (χ1) is 10.1. The maximum atomic E-state index is 12.8. The molecule has 118 valence electrons. The predicted molar refractivity (Wildman–Crippen MR) is 80.1 cm³/mol. The number of carbonyl (C=O) groups excluding carboxylic acids is 1. The van der Waals surface area contributed by atoms with Gasteiger partial charge in [-0.25, -0.2) is 0 Å². The van der Waals surface area contributed by atoms with E-state index in [4.69, 9.17) is 11.6 Å². The van der Waals surface area contributed by atoms with Crippen molar-refractivity contribution in [1.82, 2.24) is 9.78 Å². The van der Waals surface area contributed by atoms with Crippen molar-refractivity contribution in [2.24, 2.45) is 7.05 Å². The van der Waals surface area contributed by atoms with Crippen molar-refractivity contribution in [2.75, 3.05) is 5.32 Å². The largest absolute Gasteiger partial charge is 0.417 e. The average molecular weight is 397 g/mol. The number of aryl methyl sites for hydroxylation is 2. The zero-order valence-corrected chi connectivity index (χ0v) is 13.8. The predicted octanol–water partition coefficient (Wildman–Crippen LogP) is 4.42. The van der Waals surface area contributed by atoms with Gasteiger partial charge >= 0.3 is 6.18 Å². The van der Waals surface area contributed by atoms with E-state index in [9.17, 15) is 18.0 Å². The Kier molecular flexibility index (Phi) is 4.53. The van der Waals surface area contributed by atoms with E-state index in [0.29, 0.717) is 10.2 Å². The van der Waals surface area contributed by atoms with E-state index in [1.807, 2.05) is 0 Å². The number of aromatic nitrogens is 2. The Balaban J connectivity index is 2.33. The van der Waals surface area contributed by atoms with Crippen LogP contribution < -0.4 is 5.32 Å². The fourth-order valence-corrected chi connectivity index (χ4v) is 2.63. The molecule has 2 aromatic rings. The summed E-state index contributed by atoms with van der Waals surface area (Å²) in [6, 6.07) is 3.17. The Morgan fingerprint density at radius 1 is 1.41 bits per heavy atom. The van der Waals surface area contributed by atoms with Gasteiger partial charge in [-0.15, -0.1) is 0 Å². The summed E-state index contributed by atoms with van der Waals surface area (Å²) in [4.78, 5) is 12.2. The molecule has 0 fully saturated rings. The van der Waals surface area contributed by atoms with Gasteiger partial charge in [-0.05, 0) is 41.1 Å². The number of nitrogens with zero attached hydrogens (tertiary/aromatic N) is 2. The number of amides is 1. The first kappa shape index (κ1) is 16.8. The van der Waals surface area contributed by atoms with Gasteiger partial charge in [0, 0.05) is 12.7 Å². The lowest BCUT2D eigenvalue weighted by atomic mass is 10.2. The van der Waals surface area contributed by atoms with Crippen molar-refractivity contribution >= 4 is 39.1 Å². The van der Waals surface area contributed by atoms with Crippen LogP contribution in [0.4, 0.5) is 18.9 Å². The minimum Gasteiger partial charge on any atom is -0.321 e. The summed E-state index contributed by atoms with van der Waals surface area (Å²) in [6.45, 7) is 1.70. The second-order valence-corrected chi connectivity index (χ2v) is 5.72. The Morgan fingerprint density at radius 3 is 2.55 bits per heavy atom. The normalized spacial score (nSPS) is 11.6. The molecule has 0 aliphatic heterocycles. The van der Waals surface area contributed by atoms with Crippen molar-refractivity contribution in [3.63, 3.8) is 0 Å². The number of anilines is 1. The first-order valence-corrected chi connectivity index (χ1v) is 7.15. The van der Waals surface area contributed by atoms with Crippen LogP contribution in [-0.4, -0.2) is 15.7 Å². The smallest absolute Gasteiger partial charge is 0.321 e. The fourth-order valence-electron chi connectivity index (χ4n) is 1.89. The number of benzene rings is 1. The molecule has 2 rings (SSSR count). The molecule has 0 aliphatic carbocycles. The van der Waals surface area contributed by atoms with Crippen molar-refractivity contribution in [2.45, 2.75) is 13.1 Å². The fraction of sp³-hybridized carbons (Fsp3) is 0.231. The van der Waals surface area contributed by atoms with Crippen molar-refractivity contribution in [3.05, 3.63) is 44.6 Å². The van der Waals surface area contributed by atoms with E-state index < -0.39 is 22.7 Å². The van der Waals surface area contributed by atoms with Gasteiger partial charge in [-0.1, -0.05) is 11.6 Å². The molecule has 4 nitrogen and oxygen atoms in total. The maximum absolute atomic E-state index is 12.8. The Labute approximate surface area is 137 Å². The molecule has 0 spiro atoms. The molecule has 1 heterocycles. The van der Waals surface area contributed by atoms with Gasteiger partial charge in [0.15, 0.2) is 0 Å². The van der Waals surface area contributed by atoms with E-state index in [0.717, 1.165) is 12.1 Å². The highest BCUT2D eigenvalue weighted by molar-refractivity contribution is 9.10. The lowest BCUT2D eigenvalue weighted by molar-refractivity contribution is -0.137. The van der Waals surface area contributed by atoms with Gasteiger partial charge < -0.3 is 5.32 Å². The van der Waals surface area contributed by atoms with E-state index >= 15 is 0 Å². The zero-order valence-electron chi connectivity index (χ0n) is 11.4. The summed E-state index contributed by atoms with van der Waals surface area (Å²) < 4.78 is 40.2. The van der Waals surface area contributed by atoms with Crippen LogP contribution in [-0.2, 0) is 13.2 Å². The quantitative estimate of drug-likeness (QED) is 0.817. The molecule has 0 unspecified atom stereocenters. The van der Waals surface area contributed by atoms with Crippen LogP contribution in [0, 0.1) is 6.92 Å². The SMILES string of the molecule is Cc1nn(C)c(C(=O)Nc2ccc(Cl)c(C(F)(F)F)c2)c1Br. The summed E-state index contributed by atoms with van der Waals surface area (Å²) in [5, 5.41) is 6.03. The average Bonchev–Trinajstić information content (AvgIpc) is 2.64. The van der Waals surface area contributed by atoms with Crippen molar-refractivity contribution in [1.29, 1.82) is 0 Å². The molecule has 0 bridgehead atoms. The zero-order chi connectivity index (χ0) is 16.7. The number of carbonyl (C=O) groups is 1. The lowest BCUT2D eigenvalue weighted by Gasteiger charge is -2.12. The van der Waals surface area contributed by atoms with Crippen LogP contribution in [0.3, 0.4) is 0 Å². The summed E-state index contributed by atoms with van der Waals surface area (Å²) in [5.41, 5.74) is -0.208.